The number of aliphatic carboxylic acids is 1. The molecule has 0 aliphatic heterocycles. The van der Waals surface area contributed by atoms with Crippen molar-refractivity contribution in [3.8, 4) is 0 Å². The van der Waals surface area contributed by atoms with E-state index < -0.39 is 5.97 Å². The summed E-state index contributed by atoms with van der Waals surface area (Å²) in [4.78, 5) is 22.2. The maximum absolute atomic E-state index is 11.5. The third-order valence-corrected chi connectivity index (χ3v) is 2.38. The van der Waals surface area contributed by atoms with Crippen LogP contribution < -0.4 is 10.6 Å². The van der Waals surface area contributed by atoms with Crippen molar-refractivity contribution in [3.63, 3.8) is 0 Å². The van der Waals surface area contributed by atoms with Gasteiger partial charge in [-0.1, -0.05) is 27.2 Å². The number of urea groups is 1. The van der Waals surface area contributed by atoms with Crippen LogP contribution in [0.4, 0.5) is 4.79 Å². The van der Waals surface area contributed by atoms with Crippen LogP contribution in [0.15, 0.2) is 0 Å². The summed E-state index contributed by atoms with van der Waals surface area (Å²) in [5.74, 6) is -0.433. The van der Waals surface area contributed by atoms with Crippen LogP contribution in [0.3, 0.4) is 0 Å². The van der Waals surface area contributed by atoms with Crippen molar-refractivity contribution in [2.24, 2.45) is 5.92 Å². The largest absolute Gasteiger partial charge is 0.481 e. The minimum absolute atomic E-state index is 0.0505. The first-order valence-corrected chi connectivity index (χ1v) is 6.79. The van der Waals surface area contributed by atoms with Crippen LogP contribution in [0.5, 0.6) is 0 Å². The molecule has 0 saturated heterocycles. The molecule has 0 spiro atoms. The first-order valence-electron chi connectivity index (χ1n) is 6.79. The Morgan fingerprint density at radius 1 is 1.32 bits per heavy atom. The summed E-state index contributed by atoms with van der Waals surface area (Å²) in [6.45, 7) is 7.62. The zero-order valence-electron chi connectivity index (χ0n) is 12.1. The number of carbonyl (C=O) groups is 2. The van der Waals surface area contributed by atoms with Crippen molar-refractivity contribution in [2.75, 3.05) is 19.8 Å². The van der Waals surface area contributed by atoms with Crippen molar-refractivity contribution in [2.45, 2.75) is 46.1 Å². The van der Waals surface area contributed by atoms with Gasteiger partial charge in [0.05, 0.1) is 13.0 Å². The summed E-state index contributed by atoms with van der Waals surface area (Å²) in [6.07, 6.45) is 1.43. The molecule has 1 atom stereocenters. The maximum Gasteiger partial charge on any atom is 0.315 e. The lowest BCUT2D eigenvalue weighted by Crippen LogP contribution is -2.44. The molecule has 0 aliphatic carbocycles. The molecule has 0 saturated carbocycles. The monoisotopic (exact) mass is 274 g/mol. The molecule has 0 aromatic rings. The third-order valence-electron chi connectivity index (χ3n) is 2.38. The van der Waals surface area contributed by atoms with E-state index in [0.29, 0.717) is 32.1 Å². The molecule has 0 aromatic heterocycles. The van der Waals surface area contributed by atoms with Crippen LogP contribution in [0.25, 0.3) is 0 Å². The van der Waals surface area contributed by atoms with Gasteiger partial charge in [-0.3, -0.25) is 4.79 Å². The standard InChI is InChI=1S/C13H26N2O4/c1-4-5-11(8-12(16)17)15-13(18)14-6-7-19-9-10(2)3/h10-11H,4-9H2,1-3H3,(H,16,17)(H2,14,15,18). The Kier molecular flexibility index (Phi) is 9.88. The molecule has 0 heterocycles. The van der Waals surface area contributed by atoms with E-state index in [1.54, 1.807) is 0 Å². The maximum atomic E-state index is 11.5. The van der Waals surface area contributed by atoms with E-state index in [2.05, 4.69) is 24.5 Å². The summed E-state index contributed by atoms with van der Waals surface area (Å²) < 4.78 is 5.33. The fourth-order valence-electron chi connectivity index (χ4n) is 1.58. The lowest BCUT2D eigenvalue weighted by atomic mass is 10.1. The lowest BCUT2D eigenvalue weighted by Gasteiger charge is -2.16. The molecule has 0 rings (SSSR count). The van der Waals surface area contributed by atoms with E-state index >= 15 is 0 Å². The van der Waals surface area contributed by atoms with Gasteiger partial charge in [-0.25, -0.2) is 4.79 Å². The molecular weight excluding hydrogens is 248 g/mol. The number of carboxylic acid groups (broad SMARTS) is 1. The Balaban J connectivity index is 3.77. The molecule has 112 valence electrons. The molecule has 1 unspecified atom stereocenters. The molecule has 19 heavy (non-hydrogen) atoms. The first-order chi connectivity index (χ1) is 8.95. The van der Waals surface area contributed by atoms with Gasteiger partial charge in [-0.2, -0.15) is 0 Å². The van der Waals surface area contributed by atoms with Gasteiger partial charge >= 0.3 is 12.0 Å². The number of carboxylic acids is 1. The number of nitrogens with one attached hydrogen (secondary N) is 2. The van der Waals surface area contributed by atoms with Gasteiger partial charge in [0.2, 0.25) is 0 Å². The van der Waals surface area contributed by atoms with Crippen molar-refractivity contribution in [3.05, 3.63) is 0 Å². The van der Waals surface area contributed by atoms with Crippen LogP contribution in [0, 0.1) is 5.92 Å². The number of hydrogen-bond donors (Lipinski definition) is 3. The van der Waals surface area contributed by atoms with E-state index in [1.165, 1.54) is 0 Å². The van der Waals surface area contributed by atoms with Gasteiger partial charge in [-0.05, 0) is 12.3 Å². The summed E-state index contributed by atoms with van der Waals surface area (Å²) in [5.41, 5.74) is 0. The highest BCUT2D eigenvalue weighted by molar-refractivity contribution is 5.75. The molecule has 0 fully saturated rings. The van der Waals surface area contributed by atoms with Gasteiger partial charge in [0, 0.05) is 19.2 Å². The average Bonchev–Trinajstić information content (AvgIpc) is 2.27. The topological polar surface area (TPSA) is 87.7 Å². The van der Waals surface area contributed by atoms with Crippen molar-refractivity contribution in [1.82, 2.24) is 10.6 Å². The van der Waals surface area contributed by atoms with E-state index in [4.69, 9.17) is 9.84 Å². The molecule has 2 amide bonds. The van der Waals surface area contributed by atoms with Crippen LogP contribution in [0.2, 0.25) is 0 Å². The Hall–Kier alpha value is -1.30. The minimum Gasteiger partial charge on any atom is -0.481 e. The van der Waals surface area contributed by atoms with Crippen LogP contribution in [0.1, 0.15) is 40.0 Å². The molecule has 0 bridgehead atoms. The SMILES string of the molecule is CCCC(CC(=O)O)NC(=O)NCCOCC(C)C. The Morgan fingerprint density at radius 2 is 2.00 bits per heavy atom. The highest BCUT2D eigenvalue weighted by Crippen LogP contribution is 2.01. The van der Waals surface area contributed by atoms with Gasteiger partial charge in [0.1, 0.15) is 0 Å². The first kappa shape index (κ1) is 17.7. The van der Waals surface area contributed by atoms with Gasteiger partial charge in [-0.15, -0.1) is 0 Å². The zero-order chi connectivity index (χ0) is 14.7. The number of rotatable bonds is 10. The smallest absolute Gasteiger partial charge is 0.315 e. The lowest BCUT2D eigenvalue weighted by molar-refractivity contribution is -0.137. The second kappa shape index (κ2) is 10.6. The highest BCUT2D eigenvalue weighted by Gasteiger charge is 2.14. The van der Waals surface area contributed by atoms with Gasteiger partial charge in [0.15, 0.2) is 0 Å². The number of amides is 2. The van der Waals surface area contributed by atoms with Crippen LogP contribution in [-0.2, 0) is 9.53 Å². The molecule has 3 N–H and O–H groups in total. The van der Waals surface area contributed by atoms with E-state index in [0.717, 1.165) is 6.42 Å². The molecule has 6 nitrogen and oxygen atoms in total. The second-order valence-corrected chi connectivity index (χ2v) is 4.95. The summed E-state index contributed by atoms with van der Waals surface area (Å²) >= 11 is 0. The van der Waals surface area contributed by atoms with Crippen molar-refractivity contribution in [1.29, 1.82) is 0 Å². The van der Waals surface area contributed by atoms with Gasteiger partial charge < -0.3 is 20.5 Å². The number of carbonyl (C=O) groups excluding carboxylic acids is 1. The van der Waals surface area contributed by atoms with E-state index in [1.807, 2.05) is 6.92 Å². The summed E-state index contributed by atoms with van der Waals surface area (Å²) in [7, 11) is 0. The summed E-state index contributed by atoms with van der Waals surface area (Å²) in [5, 5.41) is 14.0. The van der Waals surface area contributed by atoms with E-state index in [-0.39, 0.29) is 18.5 Å². The Labute approximate surface area is 114 Å². The number of ether oxygens (including phenoxy) is 1. The average molecular weight is 274 g/mol. The number of hydrogen-bond acceptors (Lipinski definition) is 3. The predicted molar refractivity (Wildman–Crippen MR) is 73.1 cm³/mol. The van der Waals surface area contributed by atoms with Gasteiger partial charge in [0.25, 0.3) is 0 Å². The third kappa shape index (κ3) is 11.5. The zero-order valence-corrected chi connectivity index (χ0v) is 12.1. The molecule has 0 aromatic carbocycles. The van der Waals surface area contributed by atoms with Crippen LogP contribution >= 0.6 is 0 Å². The highest BCUT2D eigenvalue weighted by atomic mass is 16.5. The molecule has 0 aliphatic rings. The summed E-state index contributed by atoms with van der Waals surface area (Å²) in [6, 6.07) is -0.660. The molecular formula is C13H26N2O4. The fourth-order valence-corrected chi connectivity index (χ4v) is 1.58. The molecule has 0 radical (unpaired) electrons. The molecule has 6 heteroatoms. The van der Waals surface area contributed by atoms with Crippen molar-refractivity contribution < 1.29 is 19.4 Å². The van der Waals surface area contributed by atoms with Crippen molar-refractivity contribution >= 4 is 12.0 Å². The predicted octanol–water partition coefficient (Wildman–Crippen LogP) is 1.60. The Bertz CT molecular complexity index is 269. The second-order valence-electron chi connectivity index (χ2n) is 4.95. The quantitative estimate of drug-likeness (QED) is 0.528. The normalized spacial score (nSPS) is 12.2. The van der Waals surface area contributed by atoms with E-state index in [9.17, 15) is 9.59 Å². The Morgan fingerprint density at radius 3 is 2.53 bits per heavy atom. The minimum atomic E-state index is -0.904. The fraction of sp³-hybridized carbons (Fsp3) is 0.846. The van der Waals surface area contributed by atoms with Crippen LogP contribution in [-0.4, -0.2) is 42.9 Å².